The highest BCUT2D eigenvalue weighted by atomic mass is 16.5. The summed E-state index contributed by atoms with van der Waals surface area (Å²) in [5.74, 6) is 0.810. The Morgan fingerprint density at radius 2 is 1.81 bits per heavy atom. The first-order valence-corrected chi connectivity index (χ1v) is 8.64. The molecule has 1 atom stereocenters. The monoisotopic (exact) mass is 365 g/mol. The largest absolute Gasteiger partial charge is 0.493 e. The number of ether oxygens (including phenoxy) is 3. The number of methoxy groups -OCH3 is 3. The molecule has 8 nitrogen and oxygen atoms in total. The molecule has 8 heteroatoms. The van der Waals surface area contributed by atoms with Crippen molar-refractivity contribution in [2.75, 3.05) is 52.4 Å². The zero-order chi connectivity index (χ0) is 19.1. The fourth-order valence-corrected chi connectivity index (χ4v) is 2.95. The highest BCUT2D eigenvalue weighted by molar-refractivity contribution is 6.00. The lowest BCUT2D eigenvalue weighted by Crippen LogP contribution is -2.37. The SMILES string of the molecule is CCNCCNC(=O)C1CC(=O)N(c2cc(OC)c(OC)c(OC)c2)C1. The van der Waals surface area contributed by atoms with E-state index in [4.69, 9.17) is 14.2 Å². The van der Waals surface area contributed by atoms with Crippen molar-refractivity contribution in [3.05, 3.63) is 12.1 Å². The van der Waals surface area contributed by atoms with E-state index in [-0.39, 0.29) is 24.2 Å². The summed E-state index contributed by atoms with van der Waals surface area (Å²) in [4.78, 5) is 26.3. The summed E-state index contributed by atoms with van der Waals surface area (Å²) in [5.41, 5.74) is 0.618. The van der Waals surface area contributed by atoms with Gasteiger partial charge in [-0.3, -0.25) is 9.59 Å². The molecule has 1 saturated heterocycles. The molecule has 1 heterocycles. The summed E-state index contributed by atoms with van der Waals surface area (Å²) >= 11 is 0. The molecular formula is C18H27N3O5. The van der Waals surface area contributed by atoms with E-state index >= 15 is 0 Å². The van der Waals surface area contributed by atoms with Crippen molar-refractivity contribution in [2.45, 2.75) is 13.3 Å². The number of likely N-dealkylation sites (N-methyl/N-ethyl adjacent to an activating group) is 1. The molecule has 1 aliphatic heterocycles. The minimum Gasteiger partial charge on any atom is -0.493 e. The molecule has 2 amide bonds. The molecule has 2 N–H and O–H groups in total. The lowest BCUT2D eigenvalue weighted by molar-refractivity contribution is -0.126. The van der Waals surface area contributed by atoms with Crippen LogP contribution in [0.5, 0.6) is 17.2 Å². The summed E-state index contributed by atoms with van der Waals surface area (Å²) in [6, 6.07) is 3.43. The van der Waals surface area contributed by atoms with Crippen LogP contribution in [-0.2, 0) is 9.59 Å². The molecule has 1 unspecified atom stereocenters. The number of rotatable bonds is 9. The van der Waals surface area contributed by atoms with E-state index in [1.54, 1.807) is 17.0 Å². The smallest absolute Gasteiger partial charge is 0.227 e. The van der Waals surface area contributed by atoms with Crippen LogP contribution >= 0.6 is 0 Å². The van der Waals surface area contributed by atoms with Gasteiger partial charge >= 0.3 is 0 Å². The van der Waals surface area contributed by atoms with Crippen LogP contribution in [0.1, 0.15) is 13.3 Å². The normalized spacial score (nSPS) is 16.5. The van der Waals surface area contributed by atoms with E-state index in [2.05, 4.69) is 10.6 Å². The number of anilines is 1. The van der Waals surface area contributed by atoms with E-state index in [9.17, 15) is 9.59 Å². The van der Waals surface area contributed by atoms with E-state index < -0.39 is 0 Å². The van der Waals surface area contributed by atoms with E-state index in [0.717, 1.165) is 6.54 Å². The molecule has 0 spiro atoms. The summed E-state index contributed by atoms with van der Waals surface area (Å²) in [6.07, 6.45) is 0.184. The third kappa shape index (κ3) is 4.37. The van der Waals surface area contributed by atoms with Crippen LogP contribution in [0.3, 0.4) is 0 Å². The second kappa shape index (κ2) is 9.28. The van der Waals surface area contributed by atoms with Crippen molar-refractivity contribution < 1.29 is 23.8 Å². The molecule has 0 aliphatic carbocycles. The number of benzene rings is 1. The topological polar surface area (TPSA) is 89.1 Å². The molecule has 0 aromatic heterocycles. The van der Waals surface area contributed by atoms with Gasteiger partial charge in [-0.05, 0) is 6.54 Å². The standard InChI is InChI=1S/C18H27N3O5/c1-5-19-6-7-20-18(23)12-8-16(22)21(11-12)13-9-14(24-2)17(26-4)15(10-13)25-3/h9-10,12,19H,5-8,11H2,1-4H3,(H,20,23). The van der Waals surface area contributed by atoms with Crippen LogP contribution in [0.2, 0.25) is 0 Å². The van der Waals surface area contributed by atoms with E-state index in [0.29, 0.717) is 42.6 Å². The van der Waals surface area contributed by atoms with Crippen molar-refractivity contribution in [3.8, 4) is 17.2 Å². The molecular weight excluding hydrogens is 338 g/mol. The second-order valence-electron chi connectivity index (χ2n) is 5.93. The Labute approximate surface area is 153 Å². The number of hydrogen-bond acceptors (Lipinski definition) is 6. The van der Waals surface area contributed by atoms with Gasteiger partial charge in [0.25, 0.3) is 0 Å². The third-order valence-electron chi connectivity index (χ3n) is 4.31. The van der Waals surface area contributed by atoms with Gasteiger partial charge in [0.15, 0.2) is 11.5 Å². The van der Waals surface area contributed by atoms with Gasteiger partial charge in [0.2, 0.25) is 17.6 Å². The van der Waals surface area contributed by atoms with Crippen LogP contribution in [0.15, 0.2) is 12.1 Å². The molecule has 1 aliphatic rings. The fraction of sp³-hybridized carbons (Fsp3) is 0.556. The van der Waals surface area contributed by atoms with Gasteiger partial charge in [0.05, 0.1) is 32.9 Å². The Kier molecular flexibility index (Phi) is 7.08. The lowest BCUT2D eigenvalue weighted by Gasteiger charge is -2.20. The fourth-order valence-electron chi connectivity index (χ4n) is 2.95. The first kappa shape index (κ1) is 19.8. The van der Waals surface area contributed by atoms with Crippen molar-refractivity contribution in [2.24, 2.45) is 5.92 Å². The highest BCUT2D eigenvalue weighted by Gasteiger charge is 2.35. The van der Waals surface area contributed by atoms with Gasteiger partial charge < -0.3 is 29.7 Å². The molecule has 26 heavy (non-hydrogen) atoms. The lowest BCUT2D eigenvalue weighted by atomic mass is 10.1. The predicted octanol–water partition coefficient (Wildman–Crippen LogP) is 0.791. The van der Waals surface area contributed by atoms with Gasteiger partial charge in [-0.2, -0.15) is 0 Å². The van der Waals surface area contributed by atoms with Crippen LogP contribution in [-0.4, -0.2) is 59.3 Å². The molecule has 1 aromatic carbocycles. The predicted molar refractivity (Wildman–Crippen MR) is 98.1 cm³/mol. The van der Waals surface area contributed by atoms with Crippen LogP contribution in [0.4, 0.5) is 5.69 Å². The number of carbonyl (C=O) groups excluding carboxylic acids is 2. The Morgan fingerprint density at radius 3 is 2.35 bits per heavy atom. The maximum absolute atomic E-state index is 12.4. The van der Waals surface area contributed by atoms with Crippen LogP contribution in [0.25, 0.3) is 0 Å². The quantitative estimate of drug-likeness (QED) is 0.629. The highest BCUT2D eigenvalue weighted by Crippen LogP contribution is 2.42. The Morgan fingerprint density at radius 1 is 1.15 bits per heavy atom. The van der Waals surface area contributed by atoms with Crippen LogP contribution in [0, 0.1) is 5.92 Å². The minimum absolute atomic E-state index is 0.105. The van der Waals surface area contributed by atoms with Gasteiger partial charge in [0.1, 0.15) is 0 Å². The summed E-state index contributed by atoms with van der Waals surface area (Å²) < 4.78 is 16.0. The van der Waals surface area contributed by atoms with E-state index in [1.165, 1.54) is 21.3 Å². The zero-order valence-corrected chi connectivity index (χ0v) is 15.8. The molecule has 1 fully saturated rings. The molecule has 1 aromatic rings. The molecule has 0 saturated carbocycles. The van der Waals surface area contributed by atoms with Crippen molar-refractivity contribution in [1.82, 2.24) is 10.6 Å². The van der Waals surface area contributed by atoms with Gasteiger partial charge in [-0.1, -0.05) is 6.92 Å². The zero-order valence-electron chi connectivity index (χ0n) is 15.8. The Balaban J connectivity index is 2.12. The first-order chi connectivity index (χ1) is 12.5. The van der Waals surface area contributed by atoms with Gasteiger partial charge in [-0.25, -0.2) is 0 Å². The second-order valence-corrected chi connectivity index (χ2v) is 5.93. The first-order valence-electron chi connectivity index (χ1n) is 8.64. The summed E-state index contributed by atoms with van der Waals surface area (Å²) in [6.45, 7) is 4.44. The van der Waals surface area contributed by atoms with Crippen LogP contribution < -0.4 is 29.7 Å². The van der Waals surface area contributed by atoms with Gasteiger partial charge in [0, 0.05) is 38.2 Å². The summed E-state index contributed by atoms with van der Waals surface area (Å²) in [5, 5.41) is 6.01. The average molecular weight is 365 g/mol. The van der Waals surface area contributed by atoms with Crippen molar-refractivity contribution in [1.29, 1.82) is 0 Å². The number of amides is 2. The Hall–Kier alpha value is -2.48. The molecule has 0 radical (unpaired) electrons. The summed E-state index contributed by atoms with van der Waals surface area (Å²) in [7, 11) is 4.57. The van der Waals surface area contributed by atoms with Crippen molar-refractivity contribution in [3.63, 3.8) is 0 Å². The third-order valence-corrected chi connectivity index (χ3v) is 4.31. The average Bonchev–Trinajstić information content (AvgIpc) is 3.05. The molecule has 2 rings (SSSR count). The minimum atomic E-state index is -0.372. The number of nitrogens with one attached hydrogen (secondary N) is 2. The maximum Gasteiger partial charge on any atom is 0.227 e. The molecule has 0 bridgehead atoms. The molecule has 144 valence electrons. The number of nitrogens with zero attached hydrogens (tertiary/aromatic N) is 1. The maximum atomic E-state index is 12.4. The van der Waals surface area contributed by atoms with Crippen molar-refractivity contribution >= 4 is 17.5 Å². The van der Waals surface area contributed by atoms with E-state index in [1.807, 2.05) is 6.92 Å². The Bertz CT molecular complexity index is 625. The number of carbonyl (C=O) groups is 2. The van der Waals surface area contributed by atoms with Gasteiger partial charge in [-0.15, -0.1) is 0 Å². The number of hydrogen-bond donors (Lipinski definition) is 2.